The Morgan fingerprint density at radius 2 is 1.70 bits per heavy atom. The fourth-order valence-electron chi connectivity index (χ4n) is 2.76. The molecule has 0 saturated carbocycles. The van der Waals surface area contributed by atoms with E-state index in [2.05, 4.69) is 15.5 Å². The highest BCUT2D eigenvalue weighted by Crippen LogP contribution is 2.39. The average molecular weight is 452 g/mol. The first-order chi connectivity index (χ1) is 16.0. The topological polar surface area (TPSA) is 127 Å². The van der Waals surface area contributed by atoms with E-state index in [9.17, 15) is 4.79 Å². The van der Waals surface area contributed by atoms with Crippen LogP contribution >= 0.6 is 0 Å². The first-order valence-electron chi connectivity index (χ1n) is 9.78. The number of rotatable bonds is 10. The third-order valence-corrected chi connectivity index (χ3v) is 4.30. The molecule has 0 fully saturated rings. The van der Waals surface area contributed by atoms with Crippen molar-refractivity contribution in [1.82, 2.24) is 4.98 Å². The second kappa shape index (κ2) is 11.2. The number of carbonyl (C=O) groups excluding carboxylic acids is 1. The molecule has 0 spiro atoms. The lowest BCUT2D eigenvalue weighted by molar-refractivity contribution is -0.120. The first kappa shape index (κ1) is 23.2. The second-order valence-corrected chi connectivity index (χ2v) is 6.51. The van der Waals surface area contributed by atoms with E-state index in [4.69, 9.17) is 29.5 Å². The number of nitrogens with two attached hydrogens (primary N) is 1. The zero-order chi connectivity index (χ0) is 23.6. The smallest absolute Gasteiger partial charge is 0.265 e. The van der Waals surface area contributed by atoms with Crippen LogP contribution in [0.3, 0.4) is 0 Å². The minimum Gasteiger partial charge on any atom is -0.493 e. The number of hydrogen-bond acceptors (Lipinski definition) is 8. The summed E-state index contributed by atoms with van der Waals surface area (Å²) < 4.78 is 21.4. The van der Waals surface area contributed by atoms with E-state index >= 15 is 0 Å². The van der Waals surface area contributed by atoms with Crippen molar-refractivity contribution >= 4 is 17.4 Å². The number of carbonyl (C=O) groups is 1. The number of pyridine rings is 1. The molecule has 3 aromatic rings. The number of oxime groups is 1. The van der Waals surface area contributed by atoms with Crippen molar-refractivity contribution in [2.24, 2.45) is 10.9 Å². The van der Waals surface area contributed by atoms with Gasteiger partial charge in [-0.2, -0.15) is 0 Å². The normalized spacial score (nSPS) is 10.8. The summed E-state index contributed by atoms with van der Waals surface area (Å²) in [4.78, 5) is 21.5. The van der Waals surface area contributed by atoms with E-state index in [1.807, 2.05) is 30.3 Å². The lowest BCUT2D eigenvalue weighted by Gasteiger charge is -2.14. The van der Waals surface area contributed by atoms with E-state index < -0.39 is 5.91 Å². The Balaban J connectivity index is 1.55. The Hall–Kier alpha value is -4.47. The van der Waals surface area contributed by atoms with Crippen LogP contribution in [0.1, 0.15) is 5.56 Å². The Morgan fingerprint density at radius 3 is 2.27 bits per heavy atom. The number of amides is 1. The van der Waals surface area contributed by atoms with Gasteiger partial charge in [0.05, 0.1) is 21.3 Å². The van der Waals surface area contributed by atoms with Gasteiger partial charge in [0, 0.05) is 35.6 Å². The molecule has 10 nitrogen and oxygen atoms in total. The number of anilines is 1. The van der Waals surface area contributed by atoms with E-state index in [-0.39, 0.29) is 12.4 Å². The molecule has 3 rings (SSSR count). The monoisotopic (exact) mass is 452 g/mol. The largest absolute Gasteiger partial charge is 0.493 e. The van der Waals surface area contributed by atoms with Crippen LogP contribution in [0, 0.1) is 0 Å². The molecular formula is C23H24N4O6. The summed E-state index contributed by atoms with van der Waals surface area (Å²) in [5.74, 6) is 1.91. The molecule has 10 heteroatoms. The van der Waals surface area contributed by atoms with E-state index in [1.54, 1.807) is 24.3 Å². The van der Waals surface area contributed by atoms with E-state index in [1.165, 1.54) is 27.5 Å². The van der Waals surface area contributed by atoms with E-state index in [0.29, 0.717) is 40.1 Å². The molecule has 172 valence electrons. The lowest BCUT2D eigenvalue weighted by atomic mass is 10.2. The van der Waals surface area contributed by atoms with Gasteiger partial charge in [0.15, 0.2) is 23.9 Å². The van der Waals surface area contributed by atoms with Gasteiger partial charge in [-0.1, -0.05) is 23.4 Å². The highest BCUT2D eigenvalue weighted by atomic mass is 16.6. The van der Waals surface area contributed by atoms with Gasteiger partial charge in [-0.3, -0.25) is 4.79 Å². The summed E-state index contributed by atoms with van der Waals surface area (Å²) >= 11 is 0. The minimum absolute atomic E-state index is 0.0642. The summed E-state index contributed by atoms with van der Waals surface area (Å²) in [5.41, 5.74) is 6.86. The molecule has 0 atom stereocenters. The number of amidine groups is 1. The molecule has 0 aliphatic heterocycles. The maximum Gasteiger partial charge on any atom is 0.265 e. The summed E-state index contributed by atoms with van der Waals surface area (Å²) in [5, 5.41) is 6.44. The number of aromatic nitrogens is 1. The van der Waals surface area contributed by atoms with Gasteiger partial charge in [-0.25, -0.2) is 4.98 Å². The van der Waals surface area contributed by atoms with Gasteiger partial charge in [-0.15, -0.1) is 0 Å². The number of nitrogens with zero attached hydrogens (tertiary/aromatic N) is 2. The van der Waals surface area contributed by atoms with Crippen molar-refractivity contribution in [2.45, 2.75) is 0 Å². The zero-order valence-electron chi connectivity index (χ0n) is 18.4. The van der Waals surface area contributed by atoms with Gasteiger partial charge in [0.1, 0.15) is 5.75 Å². The van der Waals surface area contributed by atoms with Crippen LogP contribution in [-0.2, 0) is 9.63 Å². The molecule has 0 aliphatic rings. The van der Waals surface area contributed by atoms with Gasteiger partial charge < -0.3 is 34.8 Å². The summed E-state index contributed by atoms with van der Waals surface area (Å²) in [6, 6.07) is 15.8. The second-order valence-electron chi connectivity index (χ2n) is 6.51. The Labute approximate surface area is 190 Å². The standard InChI is InChI=1S/C23H24N4O6/c1-29-18-11-16(12-19(30-2)22(18)31-3)26-20(28)14-32-27-23(24)15-9-10-21(25-13-15)33-17-7-5-4-6-8-17/h4-13H,14H2,1-3H3,(H2,24,27)(H,26,28). The van der Waals surface area contributed by atoms with Crippen molar-refractivity contribution in [3.63, 3.8) is 0 Å². The van der Waals surface area contributed by atoms with Crippen LogP contribution in [0.4, 0.5) is 5.69 Å². The molecule has 2 aromatic carbocycles. The molecule has 0 radical (unpaired) electrons. The van der Waals surface area contributed by atoms with Crippen LogP contribution in [0.2, 0.25) is 0 Å². The highest BCUT2D eigenvalue weighted by Gasteiger charge is 2.14. The van der Waals surface area contributed by atoms with Crippen LogP contribution in [0.25, 0.3) is 0 Å². The molecular weight excluding hydrogens is 428 g/mol. The molecule has 0 saturated heterocycles. The number of nitrogens with one attached hydrogen (secondary N) is 1. The van der Waals surface area contributed by atoms with Crippen molar-refractivity contribution in [2.75, 3.05) is 33.3 Å². The van der Waals surface area contributed by atoms with Crippen molar-refractivity contribution in [3.05, 3.63) is 66.4 Å². The maximum absolute atomic E-state index is 12.2. The molecule has 1 heterocycles. The predicted molar refractivity (Wildman–Crippen MR) is 122 cm³/mol. The van der Waals surface area contributed by atoms with Gasteiger partial charge >= 0.3 is 0 Å². The zero-order valence-corrected chi connectivity index (χ0v) is 18.4. The number of ether oxygens (including phenoxy) is 4. The summed E-state index contributed by atoms with van der Waals surface area (Å²) in [7, 11) is 4.46. The van der Waals surface area contributed by atoms with Crippen LogP contribution < -0.4 is 30.0 Å². The summed E-state index contributed by atoms with van der Waals surface area (Å²) in [6.07, 6.45) is 1.50. The van der Waals surface area contributed by atoms with E-state index in [0.717, 1.165) is 0 Å². The van der Waals surface area contributed by atoms with Gasteiger partial charge in [-0.05, 0) is 18.2 Å². The van der Waals surface area contributed by atoms with Crippen molar-refractivity contribution < 1.29 is 28.6 Å². The van der Waals surface area contributed by atoms with Crippen LogP contribution in [0.15, 0.2) is 65.9 Å². The lowest BCUT2D eigenvalue weighted by Crippen LogP contribution is -2.19. The number of para-hydroxylation sites is 1. The van der Waals surface area contributed by atoms with Crippen molar-refractivity contribution in [1.29, 1.82) is 0 Å². The average Bonchev–Trinajstić information content (AvgIpc) is 2.84. The Kier molecular flexibility index (Phi) is 7.90. The molecule has 0 aliphatic carbocycles. The fourth-order valence-corrected chi connectivity index (χ4v) is 2.76. The third-order valence-electron chi connectivity index (χ3n) is 4.30. The molecule has 3 N–H and O–H groups in total. The number of hydrogen-bond donors (Lipinski definition) is 2. The van der Waals surface area contributed by atoms with Crippen LogP contribution in [-0.4, -0.2) is 44.7 Å². The number of benzene rings is 2. The minimum atomic E-state index is -0.453. The Morgan fingerprint density at radius 1 is 1.00 bits per heavy atom. The molecule has 1 aromatic heterocycles. The van der Waals surface area contributed by atoms with Gasteiger partial charge in [0.25, 0.3) is 5.91 Å². The SMILES string of the molecule is COc1cc(NC(=O)CO/N=C(/N)c2ccc(Oc3ccccc3)nc2)cc(OC)c1OC. The molecule has 33 heavy (non-hydrogen) atoms. The first-order valence-corrected chi connectivity index (χ1v) is 9.78. The molecule has 0 bridgehead atoms. The fraction of sp³-hybridized carbons (Fsp3) is 0.174. The van der Waals surface area contributed by atoms with Crippen LogP contribution in [0.5, 0.6) is 28.9 Å². The van der Waals surface area contributed by atoms with Crippen molar-refractivity contribution in [3.8, 4) is 28.9 Å². The molecule has 1 amide bonds. The molecule has 0 unspecified atom stereocenters. The highest BCUT2D eigenvalue weighted by molar-refractivity contribution is 5.97. The Bertz CT molecular complexity index is 1080. The quantitative estimate of drug-likeness (QED) is 0.273. The summed E-state index contributed by atoms with van der Waals surface area (Å²) in [6.45, 7) is -0.361. The number of methoxy groups -OCH3 is 3. The third kappa shape index (κ3) is 6.26. The maximum atomic E-state index is 12.2. The predicted octanol–water partition coefficient (Wildman–Crippen LogP) is 3.18. The van der Waals surface area contributed by atoms with Gasteiger partial charge in [0.2, 0.25) is 11.6 Å².